The van der Waals surface area contributed by atoms with Gasteiger partial charge in [0.1, 0.15) is 6.54 Å². The van der Waals surface area contributed by atoms with Gasteiger partial charge in [-0.1, -0.05) is 29.8 Å². The summed E-state index contributed by atoms with van der Waals surface area (Å²) in [5, 5.41) is 13.6. The number of nitrogens with one attached hydrogen (secondary N) is 2. The quantitative estimate of drug-likeness (QED) is 0.729. The summed E-state index contributed by atoms with van der Waals surface area (Å²) in [6, 6.07) is 15.8. The molecular weight excluding hydrogens is 346 g/mol. The van der Waals surface area contributed by atoms with Crippen LogP contribution in [0.3, 0.4) is 0 Å². The molecule has 2 rings (SSSR count). The number of carbonyl (C=O) groups is 3. The summed E-state index contributed by atoms with van der Waals surface area (Å²) >= 11 is 0. The third-order valence-corrected chi connectivity index (χ3v) is 3.56. The molecule has 0 unspecified atom stereocenters. The Morgan fingerprint density at radius 3 is 2.52 bits per heavy atom. The number of hydrogen-bond acceptors (Lipinski definition) is 5. The molecule has 0 saturated heterocycles. The van der Waals surface area contributed by atoms with E-state index in [0.717, 1.165) is 11.1 Å². The van der Waals surface area contributed by atoms with Crippen LogP contribution < -0.4 is 10.6 Å². The van der Waals surface area contributed by atoms with Gasteiger partial charge in [0, 0.05) is 11.3 Å². The molecule has 0 aliphatic heterocycles. The van der Waals surface area contributed by atoms with Crippen molar-refractivity contribution in [1.29, 1.82) is 5.26 Å². The molecule has 0 radical (unpaired) electrons. The van der Waals surface area contributed by atoms with Crippen LogP contribution >= 0.6 is 0 Å². The van der Waals surface area contributed by atoms with E-state index in [-0.39, 0.29) is 6.54 Å². The second-order valence-electron chi connectivity index (χ2n) is 5.79. The number of nitrogens with zero attached hydrogens (tertiary/aromatic N) is 1. The highest BCUT2D eigenvalue weighted by atomic mass is 16.5. The Bertz CT molecular complexity index is 870. The molecule has 2 aromatic carbocycles. The van der Waals surface area contributed by atoms with Crippen LogP contribution in [0.25, 0.3) is 0 Å². The molecule has 7 heteroatoms. The monoisotopic (exact) mass is 365 g/mol. The number of aryl methyl sites for hydroxylation is 1. The van der Waals surface area contributed by atoms with Crippen molar-refractivity contribution in [3.05, 3.63) is 65.2 Å². The van der Waals surface area contributed by atoms with E-state index in [1.165, 1.54) is 0 Å². The van der Waals surface area contributed by atoms with Crippen LogP contribution in [0.2, 0.25) is 0 Å². The zero-order valence-corrected chi connectivity index (χ0v) is 14.8. The van der Waals surface area contributed by atoms with Crippen LogP contribution in [0.15, 0.2) is 48.5 Å². The number of anilines is 1. The second kappa shape index (κ2) is 9.73. The van der Waals surface area contributed by atoms with Crippen molar-refractivity contribution < 1.29 is 19.1 Å². The van der Waals surface area contributed by atoms with E-state index < -0.39 is 24.4 Å². The van der Waals surface area contributed by atoms with E-state index in [9.17, 15) is 14.4 Å². The predicted octanol–water partition coefficient (Wildman–Crippen LogP) is 1.97. The number of amides is 2. The van der Waals surface area contributed by atoms with Crippen molar-refractivity contribution in [3.8, 4) is 6.07 Å². The molecule has 0 fully saturated rings. The summed E-state index contributed by atoms with van der Waals surface area (Å²) in [6.07, 6.45) is 0.292. The second-order valence-corrected chi connectivity index (χ2v) is 5.79. The molecule has 0 heterocycles. The summed E-state index contributed by atoms with van der Waals surface area (Å²) in [7, 11) is 0. The van der Waals surface area contributed by atoms with Gasteiger partial charge < -0.3 is 15.4 Å². The zero-order valence-electron chi connectivity index (χ0n) is 14.8. The summed E-state index contributed by atoms with van der Waals surface area (Å²) < 4.78 is 4.84. The minimum Gasteiger partial charge on any atom is -0.454 e. The maximum atomic E-state index is 11.9. The highest BCUT2D eigenvalue weighted by molar-refractivity contribution is 5.96. The van der Waals surface area contributed by atoms with Gasteiger partial charge >= 0.3 is 5.97 Å². The molecule has 0 saturated carbocycles. The van der Waals surface area contributed by atoms with Crippen molar-refractivity contribution in [3.63, 3.8) is 0 Å². The number of carbonyl (C=O) groups excluding carboxylic acids is 3. The van der Waals surface area contributed by atoms with Crippen LogP contribution in [-0.2, 0) is 20.7 Å². The molecule has 0 aliphatic rings. The van der Waals surface area contributed by atoms with Gasteiger partial charge in [0.25, 0.3) is 11.8 Å². The lowest BCUT2D eigenvalue weighted by Crippen LogP contribution is -2.32. The van der Waals surface area contributed by atoms with Gasteiger partial charge in [-0.3, -0.25) is 14.4 Å². The van der Waals surface area contributed by atoms with Crippen LogP contribution in [0.4, 0.5) is 5.69 Å². The number of rotatable bonds is 7. The van der Waals surface area contributed by atoms with Gasteiger partial charge in [0.05, 0.1) is 12.5 Å². The van der Waals surface area contributed by atoms with E-state index in [2.05, 4.69) is 10.6 Å². The van der Waals surface area contributed by atoms with Gasteiger partial charge in [0.2, 0.25) is 0 Å². The average Bonchev–Trinajstić information content (AvgIpc) is 2.66. The van der Waals surface area contributed by atoms with E-state index in [0.29, 0.717) is 17.7 Å². The van der Waals surface area contributed by atoms with Gasteiger partial charge in [-0.2, -0.15) is 5.26 Å². The average molecular weight is 365 g/mol. The van der Waals surface area contributed by atoms with Crippen molar-refractivity contribution in [2.24, 2.45) is 0 Å². The van der Waals surface area contributed by atoms with Gasteiger partial charge in [-0.15, -0.1) is 0 Å². The minimum absolute atomic E-state index is 0.292. The summed E-state index contributed by atoms with van der Waals surface area (Å²) in [6.45, 7) is 1.07. The van der Waals surface area contributed by atoms with E-state index in [1.54, 1.807) is 42.5 Å². The third kappa shape index (κ3) is 6.63. The van der Waals surface area contributed by atoms with Crippen molar-refractivity contribution in [1.82, 2.24) is 5.32 Å². The van der Waals surface area contributed by atoms with Gasteiger partial charge in [-0.25, -0.2) is 0 Å². The highest BCUT2D eigenvalue weighted by Crippen LogP contribution is 2.09. The first-order chi connectivity index (χ1) is 13.0. The lowest BCUT2D eigenvalue weighted by atomic mass is 10.1. The minimum atomic E-state index is -0.712. The Morgan fingerprint density at radius 1 is 1.11 bits per heavy atom. The Morgan fingerprint density at radius 2 is 1.85 bits per heavy atom. The summed E-state index contributed by atoms with van der Waals surface area (Å²) in [5.41, 5.74) is 2.75. The molecule has 0 aromatic heterocycles. The fraction of sp³-hybridized carbons (Fsp3) is 0.200. The SMILES string of the molecule is Cc1cccc(C(=O)NCC(=O)OCC(=O)Nc2ccc(CC#N)cc2)c1. The topological polar surface area (TPSA) is 108 Å². The maximum absolute atomic E-state index is 11.9. The zero-order chi connectivity index (χ0) is 19.6. The fourth-order valence-electron chi connectivity index (χ4n) is 2.23. The van der Waals surface area contributed by atoms with Crippen LogP contribution in [0.5, 0.6) is 0 Å². The normalized spacial score (nSPS) is 9.78. The number of esters is 1. The molecule has 2 amide bonds. The number of nitriles is 1. The molecule has 0 aliphatic carbocycles. The van der Waals surface area contributed by atoms with Crippen molar-refractivity contribution in [2.75, 3.05) is 18.5 Å². The first-order valence-corrected chi connectivity index (χ1v) is 8.24. The fourth-order valence-corrected chi connectivity index (χ4v) is 2.23. The van der Waals surface area contributed by atoms with E-state index in [4.69, 9.17) is 10.00 Å². The Balaban J connectivity index is 1.72. The molecular formula is C20H19N3O4. The van der Waals surface area contributed by atoms with Gasteiger partial charge in [-0.05, 0) is 36.8 Å². The lowest BCUT2D eigenvalue weighted by molar-refractivity contribution is -0.146. The molecule has 27 heavy (non-hydrogen) atoms. The molecule has 0 spiro atoms. The largest absolute Gasteiger partial charge is 0.454 e. The smallest absolute Gasteiger partial charge is 0.325 e. The molecule has 0 bridgehead atoms. The third-order valence-electron chi connectivity index (χ3n) is 3.56. The molecule has 2 N–H and O–H groups in total. The Hall–Kier alpha value is -3.66. The van der Waals surface area contributed by atoms with Crippen LogP contribution in [0.1, 0.15) is 21.5 Å². The number of hydrogen-bond donors (Lipinski definition) is 2. The molecule has 7 nitrogen and oxygen atoms in total. The lowest BCUT2D eigenvalue weighted by Gasteiger charge is -2.08. The predicted molar refractivity (Wildman–Crippen MR) is 98.9 cm³/mol. The van der Waals surface area contributed by atoms with E-state index in [1.807, 2.05) is 19.1 Å². The Labute approximate surface area is 156 Å². The van der Waals surface area contributed by atoms with Crippen molar-refractivity contribution in [2.45, 2.75) is 13.3 Å². The molecule has 138 valence electrons. The Kier molecular flexibility index (Phi) is 7.08. The molecule has 0 atom stereocenters. The van der Waals surface area contributed by atoms with Gasteiger partial charge in [0.15, 0.2) is 6.61 Å². The first kappa shape index (κ1) is 19.7. The highest BCUT2D eigenvalue weighted by Gasteiger charge is 2.11. The van der Waals surface area contributed by atoms with Crippen molar-refractivity contribution >= 4 is 23.5 Å². The molecule has 2 aromatic rings. The summed E-state index contributed by atoms with van der Waals surface area (Å²) in [4.78, 5) is 35.4. The number of ether oxygens (including phenoxy) is 1. The standard InChI is InChI=1S/C20H19N3O4/c1-14-3-2-4-16(11-14)20(26)22-12-19(25)27-13-18(24)23-17-7-5-15(6-8-17)9-10-21/h2-8,11H,9,12-13H2,1H3,(H,22,26)(H,23,24). The maximum Gasteiger partial charge on any atom is 0.325 e. The summed E-state index contributed by atoms with van der Waals surface area (Å²) in [5.74, 6) is -1.60. The van der Waals surface area contributed by atoms with E-state index >= 15 is 0 Å². The number of benzene rings is 2. The van der Waals surface area contributed by atoms with Crippen LogP contribution in [-0.4, -0.2) is 30.9 Å². The van der Waals surface area contributed by atoms with Crippen LogP contribution in [0, 0.1) is 18.3 Å². The first-order valence-electron chi connectivity index (χ1n) is 8.24.